The van der Waals surface area contributed by atoms with Crippen molar-refractivity contribution in [1.29, 1.82) is 0 Å². The van der Waals surface area contributed by atoms with E-state index in [1.807, 2.05) is 6.92 Å². The van der Waals surface area contributed by atoms with Crippen molar-refractivity contribution >= 4 is 11.6 Å². The van der Waals surface area contributed by atoms with Gasteiger partial charge in [-0.2, -0.15) is 0 Å². The molecule has 100 valence electrons. The number of nitrogens with zero attached hydrogens (tertiary/aromatic N) is 3. The van der Waals surface area contributed by atoms with Gasteiger partial charge in [-0.25, -0.2) is 15.8 Å². The molecular formula is C12H22N6. The van der Waals surface area contributed by atoms with E-state index < -0.39 is 0 Å². The number of aromatic nitrogens is 2. The van der Waals surface area contributed by atoms with Crippen LogP contribution in [0.25, 0.3) is 0 Å². The first-order chi connectivity index (χ1) is 8.63. The third-order valence-corrected chi connectivity index (χ3v) is 3.21. The van der Waals surface area contributed by atoms with Gasteiger partial charge in [-0.15, -0.1) is 0 Å². The number of nitrogen functional groups attached to an aromatic ring is 1. The molecule has 2 rings (SSSR count). The molecule has 1 fully saturated rings. The SMILES string of the molecule is Cc1c(NN)nc(C(C)C)nc1N1CCNCC1. The minimum absolute atomic E-state index is 0.291. The minimum Gasteiger partial charge on any atom is -0.354 e. The Bertz CT molecular complexity index is 411. The van der Waals surface area contributed by atoms with Crippen molar-refractivity contribution < 1.29 is 0 Å². The highest BCUT2D eigenvalue weighted by Crippen LogP contribution is 2.25. The summed E-state index contributed by atoms with van der Waals surface area (Å²) in [6.45, 7) is 10.1. The van der Waals surface area contributed by atoms with E-state index in [4.69, 9.17) is 10.8 Å². The molecule has 0 saturated carbocycles. The fourth-order valence-electron chi connectivity index (χ4n) is 2.10. The highest BCUT2D eigenvalue weighted by atomic mass is 15.3. The summed E-state index contributed by atoms with van der Waals surface area (Å²) in [5.41, 5.74) is 3.69. The Morgan fingerprint density at radius 2 is 1.94 bits per heavy atom. The van der Waals surface area contributed by atoms with Crippen molar-refractivity contribution in [2.75, 3.05) is 36.5 Å². The first-order valence-electron chi connectivity index (χ1n) is 6.44. The number of nitrogens with two attached hydrogens (primary N) is 1. The second-order valence-electron chi connectivity index (χ2n) is 4.92. The van der Waals surface area contributed by atoms with Gasteiger partial charge in [0.15, 0.2) is 0 Å². The van der Waals surface area contributed by atoms with E-state index in [2.05, 4.69) is 34.5 Å². The summed E-state index contributed by atoms with van der Waals surface area (Å²) in [6, 6.07) is 0. The second-order valence-corrected chi connectivity index (χ2v) is 4.92. The van der Waals surface area contributed by atoms with Gasteiger partial charge < -0.3 is 15.6 Å². The van der Waals surface area contributed by atoms with Crippen molar-refractivity contribution in [3.63, 3.8) is 0 Å². The fraction of sp³-hybridized carbons (Fsp3) is 0.667. The lowest BCUT2D eigenvalue weighted by Gasteiger charge is -2.30. The van der Waals surface area contributed by atoms with Crippen molar-refractivity contribution in [2.24, 2.45) is 5.84 Å². The van der Waals surface area contributed by atoms with E-state index in [-0.39, 0.29) is 0 Å². The molecule has 1 saturated heterocycles. The van der Waals surface area contributed by atoms with Gasteiger partial charge in [-0.05, 0) is 6.92 Å². The number of rotatable bonds is 3. The highest BCUT2D eigenvalue weighted by Gasteiger charge is 2.19. The van der Waals surface area contributed by atoms with Crippen molar-refractivity contribution in [2.45, 2.75) is 26.7 Å². The average molecular weight is 250 g/mol. The summed E-state index contributed by atoms with van der Waals surface area (Å²) in [4.78, 5) is 11.4. The smallest absolute Gasteiger partial charge is 0.148 e. The Balaban J connectivity index is 2.40. The van der Waals surface area contributed by atoms with Gasteiger partial charge in [0, 0.05) is 37.7 Å². The lowest BCUT2D eigenvalue weighted by Crippen LogP contribution is -2.44. The van der Waals surface area contributed by atoms with Crippen LogP contribution in [0.4, 0.5) is 11.6 Å². The number of hydrogen-bond donors (Lipinski definition) is 3. The molecule has 0 spiro atoms. The first-order valence-corrected chi connectivity index (χ1v) is 6.44. The predicted molar refractivity (Wildman–Crippen MR) is 73.8 cm³/mol. The van der Waals surface area contributed by atoms with Gasteiger partial charge in [0.25, 0.3) is 0 Å². The van der Waals surface area contributed by atoms with E-state index in [1.54, 1.807) is 0 Å². The molecule has 18 heavy (non-hydrogen) atoms. The molecule has 0 amide bonds. The van der Waals surface area contributed by atoms with Gasteiger partial charge in [0.1, 0.15) is 17.5 Å². The zero-order chi connectivity index (χ0) is 13.1. The van der Waals surface area contributed by atoms with Gasteiger partial charge in [-0.1, -0.05) is 13.8 Å². The van der Waals surface area contributed by atoms with Crippen LogP contribution >= 0.6 is 0 Å². The van der Waals surface area contributed by atoms with Crippen LogP contribution in [0.5, 0.6) is 0 Å². The van der Waals surface area contributed by atoms with Crippen molar-refractivity contribution in [1.82, 2.24) is 15.3 Å². The monoisotopic (exact) mass is 250 g/mol. The molecule has 1 aromatic heterocycles. The van der Waals surface area contributed by atoms with Gasteiger partial charge in [0.2, 0.25) is 0 Å². The number of anilines is 2. The standard InChI is InChI=1S/C12H22N6/c1-8(2)10-15-11(17-13)9(3)12(16-10)18-6-4-14-5-7-18/h8,14H,4-7,13H2,1-3H3,(H,15,16,17). The highest BCUT2D eigenvalue weighted by molar-refractivity contribution is 5.58. The van der Waals surface area contributed by atoms with E-state index in [0.717, 1.165) is 49.2 Å². The van der Waals surface area contributed by atoms with Gasteiger partial charge >= 0.3 is 0 Å². The van der Waals surface area contributed by atoms with E-state index in [1.165, 1.54) is 0 Å². The molecule has 0 atom stereocenters. The molecular weight excluding hydrogens is 228 g/mol. The second kappa shape index (κ2) is 5.49. The number of hydrazine groups is 1. The largest absolute Gasteiger partial charge is 0.354 e. The molecule has 1 aliphatic heterocycles. The Hall–Kier alpha value is -1.40. The summed E-state index contributed by atoms with van der Waals surface area (Å²) >= 11 is 0. The Morgan fingerprint density at radius 3 is 2.50 bits per heavy atom. The average Bonchev–Trinajstić information content (AvgIpc) is 2.39. The fourth-order valence-corrected chi connectivity index (χ4v) is 2.10. The quantitative estimate of drug-likeness (QED) is 0.538. The molecule has 0 radical (unpaired) electrons. The maximum atomic E-state index is 5.55. The van der Waals surface area contributed by atoms with Crippen molar-refractivity contribution in [3.8, 4) is 0 Å². The third kappa shape index (κ3) is 2.54. The molecule has 1 aliphatic rings. The maximum Gasteiger partial charge on any atom is 0.148 e. The molecule has 0 unspecified atom stereocenters. The van der Waals surface area contributed by atoms with Crippen LogP contribution in [-0.2, 0) is 0 Å². The van der Waals surface area contributed by atoms with Crippen LogP contribution in [0, 0.1) is 6.92 Å². The number of piperazine rings is 1. The lowest BCUT2D eigenvalue weighted by molar-refractivity contribution is 0.581. The normalized spacial score (nSPS) is 16.2. The third-order valence-electron chi connectivity index (χ3n) is 3.21. The molecule has 2 heterocycles. The van der Waals surface area contributed by atoms with E-state index in [0.29, 0.717) is 5.92 Å². The predicted octanol–water partition coefficient (Wildman–Crippen LogP) is 0.604. The first kappa shape index (κ1) is 13.0. The Morgan fingerprint density at radius 1 is 1.28 bits per heavy atom. The summed E-state index contributed by atoms with van der Waals surface area (Å²) in [5.74, 6) is 8.40. The van der Waals surface area contributed by atoms with Crippen LogP contribution < -0.4 is 21.5 Å². The molecule has 4 N–H and O–H groups in total. The summed E-state index contributed by atoms with van der Waals surface area (Å²) < 4.78 is 0. The zero-order valence-corrected chi connectivity index (χ0v) is 11.3. The van der Waals surface area contributed by atoms with Crippen LogP contribution in [0.2, 0.25) is 0 Å². The molecule has 0 aromatic carbocycles. The van der Waals surface area contributed by atoms with Crippen LogP contribution in [-0.4, -0.2) is 36.1 Å². The van der Waals surface area contributed by atoms with Crippen LogP contribution in [0.1, 0.15) is 31.2 Å². The lowest BCUT2D eigenvalue weighted by atomic mass is 10.2. The number of nitrogens with one attached hydrogen (secondary N) is 2. The van der Waals surface area contributed by atoms with E-state index in [9.17, 15) is 0 Å². The van der Waals surface area contributed by atoms with Gasteiger partial charge in [0.05, 0.1) is 0 Å². The molecule has 6 heteroatoms. The molecule has 0 aliphatic carbocycles. The summed E-state index contributed by atoms with van der Waals surface area (Å²) in [6.07, 6.45) is 0. The Kier molecular flexibility index (Phi) is 3.98. The van der Waals surface area contributed by atoms with Crippen LogP contribution in [0.15, 0.2) is 0 Å². The minimum atomic E-state index is 0.291. The van der Waals surface area contributed by atoms with E-state index >= 15 is 0 Å². The topological polar surface area (TPSA) is 79.1 Å². The Labute approximate surface area is 108 Å². The number of hydrogen-bond acceptors (Lipinski definition) is 6. The molecule has 0 bridgehead atoms. The molecule has 1 aromatic rings. The zero-order valence-electron chi connectivity index (χ0n) is 11.3. The maximum absolute atomic E-state index is 5.55. The summed E-state index contributed by atoms with van der Waals surface area (Å²) in [5, 5.41) is 3.34. The van der Waals surface area contributed by atoms with Gasteiger partial charge in [-0.3, -0.25) is 0 Å². The van der Waals surface area contributed by atoms with Crippen LogP contribution in [0.3, 0.4) is 0 Å². The molecule has 6 nitrogen and oxygen atoms in total. The summed E-state index contributed by atoms with van der Waals surface area (Å²) in [7, 11) is 0. The van der Waals surface area contributed by atoms with Crippen molar-refractivity contribution in [3.05, 3.63) is 11.4 Å².